The van der Waals surface area contributed by atoms with E-state index in [4.69, 9.17) is 4.42 Å². The molecular formula is C20H24FN3O3. The molecule has 1 atom stereocenters. The van der Waals surface area contributed by atoms with Crippen LogP contribution in [0.25, 0.3) is 0 Å². The molecule has 1 aromatic carbocycles. The smallest absolute Gasteiger partial charge is 0.317 e. The Morgan fingerprint density at radius 2 is 1.96 bits per heavy atom. The number of piperidine rings is 1. The van der Waals surface area contributed by atoms with E-state index in [1.807, 2.05) is 6.92 Å². The first-order valence-electron chi connectivity index (χ1n) is 9.04. The third-order valence-corrected chi connectivity index (χ3v) is 4.89. The van der Waals surface area contributed by atoms with Crippen molar-refractivity contribution in [2.24, 2.45) is 5.41 Å². The van der Waals surface area contributed by atoms with Gasteiger partial charge in [-0.05, 0) is 49.6 Å². The van der Waals surface area contributed by atoms with Gasteiger partial charge in [0.2, 0.25) is 5.91 Å². The first-order valence-corrected chi connectivity index (χ1v) is 9.04. The van der Waals surface area contributed by atoms with Crippen LogP contribution in [0.3, 0.4) is 0 Å². The second-order valence-corrected chi connectivity index (χ2v) is 7.13. The van der Waals surface area contributed by atoms with Gasteiger partial charge in [-0.15, -0.1) is 0 Å². The molecule has 6 nitrogen and oxygen atoms in total. The first kappa shape index (κ1) is 18.9. The Hall–Kier alpha value is -2.83. The lowest BCUT2D eigenvalue weighted by Gasteiger charge is -2.39. The van der Waals surface area contributed by atoms with Gasteiger partial charge in [-0.1, -0.05) is 12.1 Å². The monoisotopic (exact) mass is 373 g/mol. The number of benzene rings is 1. The van der Waals surface area contributed by atoms with Gasteiger partial charge in [-0.2, -0.15) is 0 Å². The van der Waals surface area contributed by atoms with E-state index in [1.54, 1.807) is 35.4 Å². The Morgan fingerprint density at radius 1 is 1.19 bits per heavy atom. The summed E-state index contributed by atoms with van der Waals surface area (Å²) in [6, 6.07) is 9.39. The number of carbonyl (C=O) groups is 2. The maximum Gasteiger partial charge on any atom is 0.317 e. The van der Waals surface area contributed by atoms with Crippen molar-refractivity contribution < 1.29 is 18.4 Å². The fourth-order valence-corrected chi connectivity index (χ4v) is 3.28. The average molecular weight is 373 g/mol. The van der Waals surface area contributed by atoms with Crippen LogP contribution >= 0.6 is 0 Å². The van der Waals surface area contributed by atoms with E-state index in [0.29, 0.717) is 38.4 Å². The Morgan fingerprint density at radius 3 is 2.67 bits per heavy atom. The summed E-state index contributed by atoms with van der Waals surface area (Å²) in [4.78, 5) is 26.8. The van der Waals surface area contributed by atoms with E-state index in [1.165, 1.54) is 12.1 Å². The average Bonchev–Trinajstić information content (AvgIpc) is 3.19. The maximum atomic E-state index is 13.0. The van der Waals surface area contributed by atoms with Crippen LogP contribution in [0.4, 0.5) is 9.18 Å². The number of nitrogens with zero attached hydrogens (tertiary/aromatic N) is 1. The lowest BCUT2D eigenvalue weighted by atomic mass is 9.81. The molecule has 1 saturated heterocycles. The fraction of sp³-hybridized carbons (Fsp3) is 0.400. The number of carbonyl (C=O) groups excluding carboxylic acids is 2. The lowest BCUT2D eigenvalue weighted by Crippen LogP contribution is -2.53. The molecule has 0 bridgehead atoms. The van der Waals surface area contributed by atoms with Crippen molar-refractivity contribution >= 4 is 11.9 Å². The molecular weight excluding hydrogens is 349 g/mol. The van der Waals surface area contributed by atoms with Crippen LogP contribution in [0.15, 0.2) is 47.1 Å². The minimum atomic E-state index is -0.652. The van der Waals surface area contributed by atoms with E-state index in [-0.39, 0.29) is 17.8 Å². The molecule has 0 spiro atoms. The number of halogens is 1. The van der Waals surface area contributed by atoms with Gasteiger partial charge in [0.1, 0.15) is 11.6 Å². The van der Waals surface area contributed by atoms with E-state index in [9.17, 15) is 14.0 Å². The molecule has 3 amide bonds. The quantitative estimate of drug-likeness (QED) is 0.846. The predicted molar refractivity (Wildman–Crippen MR) is 98.1 cm³/mol. The summed E-state index contributed by atoms with van der Waals surface area (Å²) in [5.41, 5.74) is 0.178. The van der Waals surface area contributed by atoms with Crippen molar-refractivity contribution in [3.8, 4) is 0 Å². The largest absolute Gasteiger partial charge is 0.467 e. The summed E-state index contributed by atoms with van der Waals surface area (Å²) in [6.07, 6.45) is 3.03. The van der Waals surface area contributed by atoms with E-state index in [0.717, 1.165) is 12.0 Å². The maximum absolute atomic E-state index is 13.0. The summed E-state index contributed by atoms with van der Waals surface area (Å²) in [5.74, 6) is 0.274. The Labute approximate surface area is 157 Å². The SMILES string of the molecule is C[C@@]1(C(=O)NCc2ccc(F)cc2)CCCN(C(=O)NCc2ccco2)C1. The minimum absolute atomic E-state index is 0.102. The van der Waals surface area contributed by atoms with Gasteiger partial charge >= 0.3 is 6.03 Å². The summed E-state index contributed by atoms with van der Waals surface area (Å²) in [6.45, 7) is 3.49. The van der Waals surface area contributed by atoms with Crippen LogP contribution < -0.4 is 10.6 Å². The third-order valence-electron chi connectivity index (χ3n) is 4.89. The molecule has 3 rings (SSSR count). The molecule has 1 aliphatic rings. The van der Waals surface area contributed by atoms with Gasteiger partial charge in [-0.3, -0.25) is 4.79 Å². The molecule has 2 aromatic rings. The predicted octanol–water partition coefficient (Wildman–Crippen LogP) is 3.05. The number of rotatable bonds is 5. The van der Waals surface area contributed by atoms with Crippen molar-refractivity contribution in [3.05, 3.63) is 59.8 Å². The number of hydrogen-bond acceptors (Lipinski definition) is 3. The van der Waals surface area contributed by atoms with Crippen molar-refractivity contribution in [2.45, 2.75) is 32.9 Å². The number of amides is 3. The van der Waals surface area contributed by atoms with Crippen LogP contribution in [-0.2, 0) is 17.9 Å². The minimum Gasteiger partial charge on any atom is -0.467 e. The molecule has 1 fully saturated rings. The number of urea groups is 1. The second kappa shape index (κ2) is 8.24. The van der Waals surface area contributed by atoms with Crippen molar-refractivity contribution in [1.29, 1.82) is 0 Å². The van der Waals surface area contributed by atoms with E-state index in [2.05, 4.69) is 10.6 Å². The zero-order valence-electron chi connectivity index (χ0n) is 15.3. The van der Waals surface area contributed by atoms with Crippen LogP contribution in [0, 0.1) is 11.2 Å². The highest BCUT2D eigenvalue weighted by atomic mass is 19.1. The third kappa shape index (κ3) is 4.87. The number of nitrogens with one attached hydrogen (secondary N) is 2. The Kier molecular flexibility index (Phi) is 5.78. The highest BCUT2D eigenvalue weighted by Crippen LogP contribution is 2.30. The number of furan rings is 1. The fourth-order valence-electron chi connectivity index (χ4n) is 3.28. The molecule has 0 radical (unpaired) electrons. The second-order valence-electron chi connectivity index (χ2n) is 7.13. The van der Waals surface area contributed by atoms with Gasteiger partial charge in [-0.25, -0.2) is 9.18 Å². The Bertz CT molecular complexity index is 776. The van der Waals surface area contributed by atoms with Crippen LogP contribution in [0.1, 0.15) is 31.1 Å². The van der Waals surface area contributed by atoms with Gasteiger partial charge in [0.15, 0.2) is 0 Å². The van der Waals surface area contributed by atoms with Crippen LogP contribution in [0.2, 0.25) is 0 Å². The molecule has 27 heavy (non-hydrogen) atoms. The van der Waals surface area contributed by atoms with Gasteiger partial charge in [0, 0.05) is 19.6 Å². The number of hydrogen-bond donors (Lipinski definition) is 2. The zero-order chi connectivity index (χ0) is 19.3. The Balaban J connectivity index is 1.53. The molecule has 2 heterocycles. The van der Waals surface area contributed by atoms with Crippen LogP contribution in [-0.4, -0.2) is 29.9 Å². The summed E-state index contributed by atoms with van der Waals surface area (Å²) >= 11 is 0. The molecule has 144 valence electrons. The number of likely N-dealkylation sites (tertiary alicyclic amines) is 1. The normalized spacial score (nSPS) is 19.6. The standard InChI is InChI=1S/C20H24FN3O3/c1-20(18(25)22-12-15-5-7-16(21)8-6-15)9-3-10-24(14-20)19(26)23-13-17-4-2-11-27-17/h2,4-8,11H,3,9-10,12-14H2,1H3,(H,22,25)(H,23,26)/t20-/m1/s1. The van der Waals surface area contributed by atoms with Crippen molar-refractivity contribution in [3.63, 3.8) is 0 Å². The summed E-state index contributed by atoms with van der Waals surface area (Å²) in [7, 11) is 0. The lowest BCUT2D eigenvalue weighted by molar-refractivity contribution is -0.132. The van der Waals surface area contributed by atoms with Gasteiger partial charge in [0.05, 0.1) is 18.2 Å². The topological polar surface area (TPSA) is 74.6 Å². The molecule has 1 aromatic heterocycles. The molecule has 2 N–H and O–H groups in total. The molecule has 0 unspecified atom stereocenters. The summed E-state index contributed by atoms with van der Waals surface area (Å²) in [5, 5.41) is 5.73. The highest BCUT2D eigenvalue weighted by molar-refractivity contribution is 5.84. The molecule has 0 aliphatic carbocycles. The summed E-state index contributed by atoms with van der Waals surface area (Å²) < 4.78 is 18.2. The van der Waals surface area contributed by atoms with Crippen molar-refractivity contribution in [2.75, 3.05) is 13.1 Å². The van der Waals surface area contributed by atoms with E-state index >= 15 is 0 Å². The van der Waals surface area contributed by atoms with E-state index < -0.39 is 5.41 Å². The van der Waals surface area contributed by atoms with Crippen molar-refractivity contribution in [1.82, 2.24) is 15.5 Å². The van der Waals surface area contributed by atoms with Crippen LogP contribution in [0.5, 0.6) is 0 Å². The molecule has 7 heteroatoms. The first-order chi connectivity index (χ1) is 13.0. The molecule has 1 aliphatic heterocycles. The van der Waals surface area contributed by atoms with Gasteiger partial charge in [0.25, 0.3) is 0 Å². The van der Waals surface area contributed by atoms with Gasteiger partial charge < -0.3 is 20.0 Å². The highest BCUT2D eigenvalue weighted by Gasteiger charge is 2.39. The molecule has 0 saturated carbocycles. The zero-order valence-corrected chi connectivity index (χ0v) is 15.3.